The van der Waals surface area contributed by atoms with Gasteiger partial charge in [0.05, 0.1) is 6.61 Å². The van der Waals surface area contributed by atoms with Gasteiger partial charge in [-0.1, -0.05) is 52.0 Å². The molecule has 0 amide bonds. The monoisotopic (exact) mass is 248 g/mol. The van der Waals surface area contributed by atoms with Crippen molar-refractivity contribution in [3.63, 3.8) is 0 Å². The van der Waals surface area contributed by atoms with Gasteiger partial charge in [0.1, 0.15) is 0 Å². The van der Waals surface area contributed by atoms with Gasteiger partial charge in [-0.15, -0.1) is 0 Å². The van der Waals surface area contributed by atoms with Crippen LogP contribution < -0.4 is 0 Å². The molecule has 0 aliphatic rings. The van der Waals surface area contributed by atoms with E-state index < -0.39 is 0 Å². The Morgan fingerprint density at radius 3 is 2.11 bits per heavy atom. The summed E-state index contributed by atoms with van der Waals surface area (Å²) in [6.07, 6.45) is 1.10. The van der Waals surface area contributed by atoms with Gasteiger partial charge in [-0.3, -0.25) is 4.79 Å². The summed E-state index contributed by atoms with van der Waals surface area (Å²) in [4.78, 5) is 12.2. The first-order chi connectivity index (χ1) is 8.51. The van der Waals surface area contributed by atoms with Crippen LogP contribution in [0.25, 0.3) is 0 Å². The molecule has 1 aromatic carbocycles. The van der Waals surface area contributed by atoms with E-state index in [2.05, 4.69) is 13.8 Å². The highest BCUT2D eigenvalue weighted by Gasteiger charge is 2.22. The van der Waals surface area contributed by atoms with Crippen molar-refractivity contribution in [2.24, 2.45) is 11.8 Å². The van der Waals surface area contributed by atoms with Gasteiger partial charge in [-0.2, -0.15) is 0 Å². The zero-order chi connectivity index (χ0) is 13.7. The minimum absolute atomic E-state index is 0.0446. The molecule has 1 rings (SSSR count). The standard InChI is InChI=1S/C16H24O2/c1-5-12(4)13-6-8-14(9-7-13)16(18)15(10-17)11(2)3/h6-9,11-12,15,17H,5,10H2,1-4H3. The van der Waals surface area contributed by atoms with E-state index in [0.29, 0.717) is 11.5 Å². The fourth-order valence-electron chi connectivity index (χ4n) is 2.02. The third-order valence-corrected chi connectivity index (χ3v) is 3.71. The van der Waals surface area contributed by atoms with E-state index in [4.69, 9.17) is 0 Å². The zero-order valence-electron chi connectivity index (χ0n) is 11.8. The molecule has 100 valence electrons. The summed E-state index contributed by atoms with van der Waals surface area (Å²) >= 11 is 0. The normalized spacial score (nSPS) is 14.6. The first kappa shape index (κ1) is 14.9. The average molecular weight is 248 g/mol. The summed E-state index contributed by atoms with van der Waals surface area (Å²) in [7, 11) is 0. The number of hydrogen-bond donors (Lipinski definition) is 1. The van der Waals surface area contributed by atoms with Gasteiger partial charge < -0.3 is 5.11 Å². The van der Waals surface area contributed by atoms with Gasteiger partial charge >= 0.3 is 0 Å². The smallest absolute Gasteiger partial charge is 0.168 e. The van der Waals surface area contributed by atoms with Crippen LogP contribution in [-0.2, 0) is 0 Å². The molecule has 2 atom stereocenters. The number of Topliss-reactive ketones (excluding diaryl/α,β-unsaturated/α-hetero) is 1. The van der Waals surface area contributed by atoms with Gasteiger partial charge in [0.2, 0.25) is 0 Å². The number of aliphatic hydroxyl groups excluding tert-OH is 1. The molecule has 0 aliphatic carbocycles. The van der Waals surface area contributed by atoms with Crippen LogP contribution in [0, 0.1) is 11.8 Å². The summed E-state index contributed by atoms with van der Waals surface area (Å²) in [6.45, 7) is 8.19. The van der Waals surface area contributed by atoms with Crippen molar-refractivity contribution in [1.29, 1.82) is 0 Å². The zero-order valence-corrected chi connectivity index (χ0v) is 11.8. The molecule has 0 radical (unpaired) electrons. The van der Waals surface area contributed by atoms with Crippen LogP contribution in [0.4, 0.5) is 0 Å². The topological polar surface area (TPSA) is 37.3 Å². The Bertz CT molecular complexity index is 379. The maximum atomic E-state index is 12.2. The lowest BCUT2D eigenvalue weighted by molar-refractivity contribution is 0.0807. The third kappa shape index (κ3) is 3.42. The highest BCUT2D eigenvalue weighted by Crippen LogP contribution is 2.21. The number of benzene rings is 1. The molecule has 0 saturated heterocycles. The maximum absolute atomic E-state index is 12.2. The molecule has 2 nitrogen and oxygen atoms in total. The summed E-state index contributed by atoms with van der Waals surface area (Å²) in [6, 6.07) is 7.82. The predicted molar refractivity (Wildman–Crippen MR) is 74.9 cm³/mol. The van der Waals surface area contributed by atoms with E-state index in [1.165, 1.54) is 5.56 Å². The second kappa shape index (κ2) is 6.69. The van der Waals surface area contributed by atoms with E-state index >= 15 is 0 Å². The Morgan fingerprint density at radius 2 is 1.72 bits per heavy atom. The number of aliphatic hydroxyl groups is 1. The molecule has 1 aromatic rings. The summed E-state index contributed by atoms with van der Waals surface area (Å²) in [5.41, 5.74) is 1.97. The van der Waals surface area contributed by atoms with Crippen molar-refractivity contribution in [1.82, 2.24) is 0 Å². The third-order valence-electron chi connectivity index (χ3n) is 3.71. The van der Waals surface area contributed by atoms with Crippen molar-refractivity contribution >= 4 is 5.78 Å². The van der Waals surface area contributed by atoms with E-state index in [-0.39, 0.29) is 24.2 Å². The second-order valence-electron chi connectivity index (χ2n) is 5.33. The number of rotatable bonds is 6. The average Bonchev–Trinajstić information content (AvgIpc) is 2.38. The van der Waals surface area contributed by atoms with Crippen molar-refractivity contribution in [2.75, 3.05) is 6.61 Å². The number of hydrogen-bond acceptors (Lipinski definition) is 2. The Balaban J connectivity index is 2.88. The summed E-state index contributed by atoms with van der Waals surface area (Å²) < 4.78 is 0. The Kier molecular flexibility index (Phi) is 5.54. The molecular weight excluding hydrogens is 224 g/mol. The van der Waals surface area contributed by atoms with Gasteiger partial charge in [0.25, 0.3) is 0 Å². The number of carbonyl (C=O) groups excluding carboxylic acids is 1. The molecule has 0 saturated carbocycles. The number of carbonyl (C=O) groups is 1. The van der Waals surface area contributed by atoms with Crippen molar-refractivity contribution in [3.8, 4) is 0 Å². The minimum atomic E-state index is -0.292. The van der Waals surface area contributed by atoms with Gasteiger partial charge in [0.15, 0.2) is 5.78 Å². The molecule has 0 heterocycles. The van der Waals surface area contributed by atoms with Crippen LogP contribution in [0.2, 0.25) is 0 Å². The Morgan fingerprint density at radius 1 is 1.17 bits per heavy atom. The molecule has 0 bridgehead atoms. The van der Waals surface area contributed by atoms with E-state index in [1.807, 2.05) is 38.1 Å². The maximum Gasteiger partial charge on any atom is 0.168 e. The summed E-state index contributed by atoms with van der Waals surface area (Å²) in [5, 5.41) is 9.29. The van der Waals surface area contributed by atoms with Crippen LogP contribution in [0.15, 0.2) is 24.3 Å². The molecular formula is C16H24O2. The minimum Gasteiger partial charge on any atom is -0.396 e. The highest BCUT2D eigenvalue weighted by atomic mass is 16.3. The first-order valence-electron chi connectivity index (χ1n) is 6.76. The van der Waals surface area contributed by atoms with E-state index in [1.54, 1.807) is 0 Å². The quantitative estimate of drug-likeness (QED) is 0.780. The van der Waals surface area contributed by atoms with Crippen molar-refractivity contribution < 1.29 is 9.90 Å². The second-order valence-corrected chi connectivity index (χ2v) is 5.33. The van der Waals surface area contributed by atoms with Gasteiger partial charge in [-0.25, -0.2) is 0 Å². The largest absolute Gasteiger partial charge is 0.396 e. The molecule has 2 unspecified atom stereocenters. The lowest BCUT2D eigenvalue weighted by atomic mass is 9.87. The van der Waals surface area contributed by atoms with Crippen molar-refractivity contribution in [3.05, 3.63) is 35.4 Å². The molecule has 2 heteroatoms. The Hall–Kier alpha value is -1.15. The van der Waals surface area contributed by atoms with Crippen LogP contribution in [0.1, 0.15) is 56.0 Å². The molecule has 0 aliphatic heterocycles. The lowest BCUT2D eigenvalue weighted by Crippen LogP contribution is -2.24. The molecule has 1 N–H and O–H groups in total. The fourth-order valence-corrected chi connectivity index (χ4v) is 2.02. The highest BCUT2D eigenvalue weighted by molar-refractivity contribution is 5.98. The SMILES string of the molecule is CCC(C)c1ccc(C(=O)C(CO)C(C)C)cc1. The van der Waals surface area contributed by atoms with Crippen molar-refractivity contribution in [2.45, 2.75) is 40.0 Å². The Labute approximate surface area is 110 Å². The molecule has 18 heavy (non-hydrogen) atoms. The first-order valence-corrected chi connectivity index (χ1v) is 6.76. The fraction of sp³-hybridized carbons (Fsp3) is 0.562. The predicted octanol–water partition coefficient (Wildman–Crippen LogP) is 3.65. The molecule has 0 aromatic heterocycles. The van der Waals surface area contributed by atoms with Crippen LogP contribution in [0.5, 0.6) is 0 Å². The summed E-state index contributed by atoms with van der Waals surface area (Å²) in [5.74, 6) is 0.437. The van der Waals surface area contributed by atoms with Crippen LogP contribution >= 0.6 is 0 Å². The van der Waals surface area contributed by atoms with Crippen LogP contribution in [0.3, 0.4) is 0 Å². The lowest BCUT2D eigenvalue weighted by Gasteiger charge is -2.17. The van der Waals surface area contributed by atoms with E-state index in [0.717, 1.165) is 6.42 Å². The molecule has 0 fully saturated rings. The van der Waals surface area contributed by atoms with Crippen LogP contribution in [-0.4, -0.2) is 17.5 Å². The van der Waals surface area contributed by atoms with E-state index in [9.17, 15) is 9.90 Å². The number of ketones is 1. The van der Waals surface area contributed by atoms with Gasteiger partial charge in [0, 0.05) is 11.5 Å². The molecule has 0 spiro atoms. The van der Waals surface area contributed by atoms with Gasteiger partial charge in [-0.05, 0) is 23.8 Å².